The molecule has 25 heavy (non-hydrogen) atoms. The van der Waals surface area contributed by atoms with E-state index in [0.29, 0.717) is 45.9 Å². The van der Waals surface area contributed by atoms with Gasteiger partial charge in [-0.1, -0.05) is 6.42 Å². The lowest BCUT2D eigenvalue weighted by Gasteiger charge is -2.51. The summed E-state index contributed by atoms with van der Waals surface area (Å²) in [6.45, 7) is 2.44. The maximum atomic E-state index is 13.4. The summed E-state index contributed by atoms with van der Waals surface area (Å²) in [5.41, 5.74) is 0.695. The summed E-state index contributed by atoms with van der Waals surface area (Å²) in [7, 11) is 0. The second-order valence-electron chi connectivity index (χ2n) is 7.40. The van der Waals surface area contributed by atoms with Crippen molar-refractivity contribution in [2.45, 2.75) is 45.0 Å². The monoisotopic (exact) mass is 354 g/mol. The fourth-order valence-corrected chi connectivity index (χ4v) is 3.84. The highest BCUT2D eigenvalue weighted by molar-refractivity contribution is 5.83. The number of rotatable bonds is 4. The van der Waals surface area contributed by atoms with Gasteiger partial charge in [0.2, 0.25) is 5.91 Å². The van der Waals surface area contributed by atoms with Crippen LogP contribution in [0, 0.1) is 5.41 Å². The van der Waals surface area contributed by atoms with Gasteiger partial charge in [-0.2, -0.15) is 13.9 Å². The molecule has 0 unspecified atom stereocenters. The van der Waals surface area contributed by atoms with Gasteiger partial charge in [-0.05, 0) is 25.3 Å². The van der Waals surface area contributed by atoms with Gasteiger partial charge in [0.1, 0.15) is 0 Å². The maximum Gasteiger partial charge on any atom is 0.322 e. The molecule has 2 fully saturated rings. The van der Waals surface area contributed by atoms with Gasteiger partial charge in [0.15, 0.2) is 0 Å². The summed E-state index contributed by atoms with van der Waals surface area (Å²) in [5.74, 6) is -4.38. The Bertz CT molecular complexity index is 621. The third-order valence-electron chi connectivity index (χ3n) is 5.15. The fraction of sp³-hybridized carbons (Fsp3) is 0.706. The summed E-state index contributed by atoms with van der Waals surface area (Å²) in [4.78, 5) is 27.3. The van der Waals surface area contributed by atoms with Crippen molar-refractivity contribution in [1.82, 2.24) is 20.0 Å². The predicted octanol–water partition coefficient (Wildman–Crippen LogP) is 1.84. The van der Waals surface area contributed by atoms with E-state index < -0.39 is 11.8 Å². The van der Waals surface area contributed by atoms with Crippen LogP contribution in [0.3, 0.4) is 0 Å². The maximum absolute atomic E-state index is 13.4. The number of nitrogens with zero attached hydrogens (tertiary/aromatic N) is 3. The van der Waals surface area contributed by atoms with Crippen LogP contribution in [0.15, 0.2) is 12.3 Å². The molecule has 2 aliphatic heterocycles. The highest BCUT2D eigenvalue weighted by Crippen LogP contribution is 2.39. The van der Waals surface area contributed by atoms with E-state index in [0.717, 1.165) is 25.0 Å². The molecule has 0 saturated carbocycles. The number of halogens is 2. The van der Waals surface area contributed by atoms with Gasteiger partial charge in [-0.3, -0.25) is 14.7 Å². The lowest BCUT2D eigenvalue weighted by Crippen LogP contribution is -2.63. The quantitative estimate of drug-likeness (QED) is 0.897. The first kappa shape index (κ1) is 17.8. The number of hydrogen-bond acceptors (Lipinski definition) is 3. The van der Waals surface area contributed by atoms with Crippen molar-refractivity contribution >= 4 is 11.8 Å². The number of carbonyl (C=O) groups is 2. The standard InChI is InChI=1S/C17H24F2N4O2/c1-16(18,19)15(25)22-9-3-2-7-17(10-22)11-23(12-17)14(24)5-4-13-6-8-20-21-13/h6,8H,2-5,7,9-12H2,1H3,(H,20,21). The molecule has 3 heterocycles. The van der Waals surface area contributed by atoms with Crippen molar-refractivity contribution in [3.8, 4) is 0 Å². The van der Waals surface area contributed by atoms with Gasteiger partial charge in [-0.15, -0.1) is 0 Å². The largest absolute Gasteiger partial charge is 0.341 e. The normalized spacial score (nSPS) is 20.3. The molecular formula is C17H24F2N4O2. The highest BCUT2D eigenvalue weighted by Gasteiger charge is 2.49. The van der Waals surface area contributed by atoms with E-state index in [9.17, 15) is 18.4 Å². The molecule has 1 spiro atoms. The van der Waals surface area contributed by atoms with Gasteiger partial charge in [0.25, 0.3) is 5.91 Å². The number of aromatic nitrogens is 2. The molecule has 1 aromatic heterocycles. The van der Waals surface area contributed by atoms with E-state index in [4.69, 9.17) is 0 Å². The molecule has 3 rings (SSSR count). The molecular weight excluding hydrogens is 330 g/mol. The minimum absolute atomic E-state index is 0.0585. The van der Waals surface area contributed by atoms with Gasteiger partial charge < -0.3 is 9.80 Å². The number of hydrogen-bond donors (Lipinski definition) is 1. The molecule has 2 saturated heterocycles. The molecule has 138 valence electrons. The average molecular weight is 354 g/mol. The predicted molar refractivity (Wildman–Crippen MR) is 87.0 cm³/mol. The molecule has 0 radical (unpaired) electrons. The van der Waals surface area contributed by atoms with E-state index in [2.05, 4.69) is 10.2 Å². The number of H-pyrrole nitrogens is 1. The Balaban J connectivity index is 1.54. The van der Waals surface area contributed by atoms with Gasteiger partial charge in [-0.25, -0.2) is 0 Å². The highest BCUT2D eigenvalue weighted by atomic mass is 19.3. The van der Waals surface area contributed by atoms with Crippen molar-refractivity contribution in [3.05, 3.63) is 18.0 Å². The topological polar surface area (TPSA) is 69.3 Å². The smallest absolute Gasteiger partial charge is 0.322 e. The molecule has 8 heteroatoms. The summed E-state index contributed by atoms with van der Waals surface area (Å²) in [5, 5.41) is 6.68. The Morgan fingerprint density at radius 3 is 2.64 bits per heavy atom. The van der Waals surface area contributed by atoms with Gasteiger partial charge in [0.05, 0.1) is 0 Å². The Labute approximate surface area is 145 Å². The van der Waals surface area contributed by atoms with Crippen LogP contribution in [0.5, 0.6) is 0 Å². The molecule has 2 amide bonds. The number of aryl methyl sites for hydroxylation is 1. The van der Waals surface area contributed by atoms with E-state index in [1.165, 1.54) is 4.90 Å². The fourth-order valence-electron chi connectivity index (χ4n) is 3.84. The first-order chi connectivity index (χ1) is 11.8. The molecule has 0 aromatic carbocycles. The number of amides is 2. The van der Waals surface area contributed by atoms with Crippen molar-refractivity contribution in [2.75, 3.05) is 26.2 Å². The summed E-state index contributed by atoms with van der Waals surface area (Å²) < 4.78 is 26.8. The lowest BCUT2D eigenvalue weighted by atomic mass is 9.75. The number of alkyl halides is 2. The third kappa shape index (κ3) is 3.99. The summed E-state index contributed by atoms with van der Waals surface area (Å²) in [6, 6.07) is 1.84. The van der Waals surface area contributed by atoms with Crippen LogP contribution in [0.1, 0.15) is 38.3 Å². The van der Waals surface area contributed by atoms with Crippen molar-refractivity contribution in [3.63, 3.8) is 0 Å². The number of nitrogens with one attached hydrogen (secondary N) is 1. The van der Waals surface area contributed by atoms with E-state index in [-0.39, 0.29) is 11.3 Å². The Morgan fingerprint density at radius 2 is 2.00 bits per heavy atom. The van der Waals surface area contributed by atoms with Crippen LogP contribution < -0.4 is 0 Å². The van der Waals surface area contributed by atoms with Crippen molar-refractivity contribution in [2.24, 2.45) is 5.41 Å². The number of likely N-dealkylation sites (tertiary alicyclic amines) is 2. The third-order valence-corrected chi connectivity index (χ3v) is 5.15. The van der Waals surface area contributed by atoms with E-state index in [1.54, 1.807) is 11.1 Å². The molecule has 2 aliphatic rings. The molecule has 1 aromatic rings. The van der Waals surface area contributed by atoms with Crippen molar-refractivity contribution in [1.29, 1.82) is 0 Å². The van der Waals surface area contributed by atoms with E-state index in [1.807, 2.05) is 6.07 Å². The molecule has 0 atom stereocenters. The Kier molecular flexibility index (Phi) is 4.79. The average Bonchev–Trinajstić information content (AvgIpc) is 2.93. The SMILES string of the molecule is CC(F)(F)C(=O)N1CCCCC2(CN(C(=O)CCc3ccn[nH]3)C2)C1. The first-order valence-electron chi connectivity index (χ1n) is 8.72. The summed E-state index contributed by atoms with van der Waals surface area (Å²) >= 11 is 0. The zero-order chi connectivity index (χ0) is 18.1. The van der Waals surface area contributed by atoms with Crippen LogP contribution >= 0.6 is 0 Å². The van der Waals surface area contributed by atoms with Gasteiger partial charge >= 0.3 is 5.92 Å². The van der Waals surface area contributed by atoms with Gasteiger partial charge in [0, 0.05) is 56.8 Å². The first-order valence-corrected chi connectivity index (χ1v) is 8.72. The minimum Gasteiger partial charge on any atom is -0.341 e. The van der Waals surface area contributed by atoms with Crippen LogP contribution in [0.25, 0.3) is 0 Å². The van der Waals surface area contributed by atoms with E-state index >= 15 is 0 Å². The Hall–Kier alpha value is -1.99. The van der Waals surface area contributed by atoms with Crippen LogP contribution in [0.4, 0.5) is 8.78 Å². The zero-order valence-electron chi connectivity index (χ0n) is 14.4. The lowest BCUT2D eigenvalue weighted by molar-refractivity contribution is -0.160. The number of aromatic amines is 1. The molecule has 6 nitrogen and oxygen atoms in total. The zero-order valence-corrected chi connectivity index (χ0v) is 14.4. The second kappa shape index (κ2) is 6.72. The second-order valence-corrected chi connectivity index (χ2v) is 7.40. The van der Waals surface area contributed by atoms with Crippen LogP contribution in [-0.2, 0) is 16.0 Å². The van der Waals surface area contributed by atoms with Crippen molar-refractivity contribution < 1.29 is 18.4 Å². The van der Waals surface area contributed by atoms with Crippen LogP contribution in [-0.4, -0.2) is 63.9 Å². The molecule has 0 aliphatic carbocycles. The number of carbonyl (C=O) groups excluding carboxylic acids is 2. The Morgan fingerprint density at radius 1 is 1.28 bits per heavy atom. The minimum atomic E-state index is -3.34. The molecule has 0 bridgehead atoms. The molecule has 1 N–H and O–H groups in total. The summed E-state index contributed by atoms with van der Waals surface area (Å²) in [6.07, 6.45) is 5.16. The van der Waals surface area contributed by atoms with Crippen LogP contribution in [0.2, 0.25) is 0 Å².